The van der Waals surface area contributed by atoms with Crippen LogP contribution in [-0.4, -0.2) is 32.8 Å². The number of halogens is 2. The molecule has 1 atom stereocenters. The second-order valence-corrected chi connectivity index (χ2v) is 7.11. The van der Waals surface area contributed by atoms with Crippen LogP contribution in [0.25, 0.3) is 0 Å². The van der Waals surface area contributed by atoms with Crippen molar-refractivity contribution < 1.29 is 4.74 Å². The van der Waals surface area contributed by atoms with E-state index in [1.54, 1.807) is 0 Å². The Kier molecular flexibility index (Phi) is 9.59. The summed E-state index contributed by atoms with van der Waals surface area (Å²) < 4.78 is 6.62. The molecule has 1 aromatic rings. The van der Waals surface area contributed by atoms with Gasteiger partial charge in [0, 0.05) is 31.3 Å². The van der Waals surface area contributed by atoms with Crippen LogP contribution >= 0.6 is 39.9 Å². The molecule has 0 radical (unpaired) electrons. The highest BCUT2D eigenvalue weighted by Gasteiger charge is 2.42. The minimum atomic E-state index is 0. The van der Waals surface area contributed by atoms with Gasteiger partial charge in [-0.3, -0.25) is 4.99 Å². The van der Waals surface area contributed by atoms with Crippen molar-refractivity contribution in [2.24, 2.45) is 10.4 Å². The van der Waals surface area contributed by atoms with Gasteiger partial charge in [0.1, 0.15) is 0 Å². The third-order valence-corrected chi connectivity index (χ3v) is 5.24. The van der Waals surface area contributed by atoms with Crippen molar-refractivity contribution in [1.29, 1.82) is 0 Å². The lowest BCUT2D eigenvalue weighted by Gasteiger charge is -2.22. The number of ether oxygens (including phenoxy) is 1. The summed E-state index contributed by atoms with van der Waals surface area (Å²) in [6, 6.07) is 8.47. The zero-order chi connectivity index (χ0) is 16.7. The van der Waals surface area contributed by atoms with Crippen molar-refractivity contribution in [2.75, 3.05) is 26.8 Å². The van der Waals surface area contributed by atoms with Crippen LogP contribution in [0.2, 0.25) is 0 Å². The highest BCUT2D eigenvalue weighted by atomic mass is 127. The summed E-state index contributed by atoms with van der Waals surface area (Å²) in [5, 5.41) is 6.96. The maximum absolute atomic E-state index is 5.50. The molecule has 0 heterocycles. The molecule has 6 heteroatoms. The van der Waals surface area contributed by atoms with Gasteiger partial charge in [0.05, 0.1) is 6.04 Å². The van der Waals surface area contributed by atoms with Crippen molar-refractivity contribution in [3.05, 3.63) is 34.3 Å². The average Bonchev–Trinajstić information content (AvgIpc) is 3.32. The molecule has 1 saturated carbocycles. The summed E-state index contributed by atoms with van der Waals surface area (Å²) in [6.45, 7) is 6.82. The Balaban J connectivity index is 0.00000288. The van der Waals surface area contributed by atoms with E-state index in [0.29, 0.717) is 5.41 Å². The van der Waals surface area contributed by atoms with Gasteiger partial charge in [0.2, 0.25) is 0 Å². The van der Waals surface area contributed by atoms with Gasteiger partial charge in [-0.25, -0.2) is 0 Å². The Morgan fingerprint density at radius 3 is 2.67 bits per heavy atom. The van der Waals surface area contributed by atoms with Crippen LogP contribution in [0.4, 0.5) is 0 Å². The quantitative estimate of drug-likeness (QED) is 0.235. The molecule has 136 valence electrons. The van der Waals surface area contributed by atoms with E-state index < -0.39 is 0 Å². The van der Waals surface area contributed by atoms with E-state index in [0.717, 1.165) is 36.6 Å². The largest absolute Gasteiger partial charge is 0.382 e. The molecule has 0 aromatic heterocycles. The first-order valence-electron chi connectivity index (χ1n) is 8.39. The molecular weight excluding hydrogens is 481 g/mol. The molecule has 4 nitrogen and oxygen atoms in total. The normalized spacial score (nSPS) is 16.9. The van der Waals surface area contributed by atoms with E-state index in [4.69, 9.17) is 4.74 Å². The predicted molar refractivity (Wildman–Crippen MR) is 115 cm³/mol. The summed E-state index contributed by atoms with van der Waals surface area (Å²) in [5.74, 6) is 0.857. The van der Waals surface area contributed by atoms with Gasteiger partial charge < -0.3 is 15.4 Å². The van der Waals surface area contributed by atoms with Gasteiger partial charge in [0.25, 0.3) is 0 Å². The number of hydrogen-bond donors (Lipinski definition) is 2. The molecule has 1 aliphatic rings. The molecule has 0 amide bonds. The van der Waals surface area contributed by atoms with Crippen LogP contribution in [-0.2, 0) is 4.74 Å². The first-order chi connectivity index (χ1) is 11.1. The Morgan fingerprint density at radius 2 is 2.08 bits per heavy atom. The maximum Gasteiger partial charge on any atom is 0.191 e. The lowest BCUT2D eigenvalue weighted by atomic mass is 10.0. The maximum atomic E-state index is 5.50. The fraction of sp³-hybridized carbons (Fsp3) is 0.611. The number of benzene rings is 1. The topological polar surface area (TPSA) is 45.6 Å². The lowest BCUT2D eigenvalue weighted by Crippen LogP contribution is -2.41. The lowest BCUT2D eigenvalue weighted by molar-refractivity contribution is 0.128. The minimum Gasteiger partial charge on any atom is -0.382 e. The molecule has 1 aromatic carbocycles. The molecule has 24 heavy (non-hydrogen) atoms. The number of nitrogens with zero attached hydrogens (tertiary/aromatic N) is 1. The van der Waals surface area contributed by atoms with E-state index in [-0.39, 0.29) is 30.0 Å². The highest BCUT2D eigenvalue weighted by Crippen LogP contribution is 2.48. The van der Waals surface area contributed by atoms with Crippen LogP contribution in [0.5, 0.6) is 0 Å². The number of hydrogen-bond acceptors (Lipinski definition) is 2. The van der Waals surface area contributed by atoms with Crippen LogP contribution in [0, 0.1) is 5.41 Å². The summed E-state index contributed by atoms with van der Waals surface area (Å²) >= 11 is 3.61. The fourth-order valence-corrected chi connectivity index (χ4v) is 3.33. The van der Waals surface area contributed by atoms with Gasteiger partial charge in [-0.15, -0.1) is 24.0 Å². The summed E-state index contributed by atoms with van der Waals surface area (Å²) in [4.78, 5) is 4.36. The van der Waals surface area contributed by atoms with E-state index in [2.05, 4.69) is 56.7 Å². The summed E-state index contributed by atoms with van der Waals surface area (Å²) in [6.07, 6.45) is 3.69. The highest BCUT2D eigenvalue weighted by molar-refractivity contribution is 14.0. The molecule has 2 rings (SSSR count). The summed E-state index contributed by atoms with van der Waals surface area (Å²) in [7, 11) is 1.82. The second kappa shape index (κ2) is 10.6. The van der Waals surface area contributed by atoms with Crippen molar-refractivity contribution in [3.63, 3.8) is 0 Å². The minimum absolute atomic E-state index is 0. The Bertz CT molecular complexity index is 535. The Hall–Kier alpha value is -0.340. The molecule has 1 aliphatic carbocycles. The molecule has 0 spiro atoms. The van der Waals surface area contributed by atoms with E-state index in [1.807, 2.05) is 20.0 Å². The molecule has 1 fully saturated rings. The number of guanidine groups is 1. The third-order valence-electron chi connectivity index (χ3n) is 4.52. The zero-order valence-corrected chi connectivity index (χ0v) is 18.7. The van der Waals surface area contributed by atoms with Gasteiger partial charge in [-0.1, -0.05) is 34.1 Å². The first-order valence-corrected chi connectivity index (χ1v) is 9.19. The molecular formula is C18H29BrIN3O. The van der Waals surface area contributed by atoms with E-state index in [9.17, 15) is 0 Å². The summed E-state index contributed by atoms with van der Waals surface area (Å²) in [5.41, 5.74) is 1.64. The van der Waals surface area contributed by atoms with Crippen LogP contribution in [0.3, 0.4) is 0 Å². The number of rotatable bonds is 8. The number of aliphatic imine (C=N–C) groups is 1. The van der Waals surface area contributed by atoms with E-state index in [1.165, 1.54) is 18.4 Å². The van der Waals surface area contributed by atoms with Crippen LogP contribution in [0.15, 0.2) is 33.7 Å². The third kappa shape index (κ3) is 6.52. The monoisotopic (exact) mass is 509 g/mol. The Morgan fingerprint density at radius 1 is 1.38 bits per heavy atom. The van der Waals surface area contributed by atoms with Gasteiger partial charge >= 0.3 is 0 Å². The van der Waals surface area contributed by atoms with Crippen LogP contribution < -0.4 is 10.6 Å². The Labute approximate surface area is 171 Å². The predicted octanol–water partition coefficient (Wildman–Crippen LogP) is 4.50. The fourth-order valence-electron chi connectivity index (χ4n) is 2.70. The van der Waals surface area contributed by atoms with E-state index >= 15 is 0 Å². The molecule has 1 unspecified atom stereocenters. The van der Waals surface area contributed by atoms with Crippen molar-refractivity contribution >= 4 is 45.9 Å². The average molecular weight is 510 g/mol. The van der Waals surface area contributed by atoms with Crippen LogP contribution in [0.1, 0.15) is 44.7 Å². The van der Waals surface area contributed by atoms with Gasteiger partial charge in [-0.05, 0) is 50.2 Å². The zero-order valence-electron chi connectivity index (χ0n) is 14.8. The van der Waals surface area contributed by atoms with Crippen molar-refractivity contribution in [1.82, 2.24) is 10.6 Å². The first kappa shape index (κ1) is 21.7. The van der Waals surface area contributed by atoms with Crippen molar-refractivity contribution in [2.45, 2.75) is 39.2 Å². The molecule has 0 bridgehead atoms. The molecule has 0 saturated heterocycles. The van der Waals surface area contributed by atoms with Crippen molar-refractivity contribution in [3.8, 4) is 0 Å². The number of nitrogens with one attached hydrogen (secondary N) is 2. The smallest absolute Gasteiger partial charge is 0.191 e. The standard InChI is InChI=1S/C18H28BrN3O.HI/c1-4-23-12-11-18(9-10-18)13-21-17(20-3)22-14(2)15-7-5-6-8-16(15)19;/h5-8,14H,4,9-13H2,1-3H3,(H2,20,21,22);1H. The second-order valence-electron chi connectivity index (χ2n) is 6.26. The van der Waals surface area contributed by atoms with Gasteiger partial charge in [-0.2, -0.15) is 0 Å². The molecule has 0 aliphatic heterocycles. The SMILES string of the molecule is CCOCCC1(CNC(=NC)NC(C)c2ccccc2Br)CC1.I. The molecule has 2 N–H and O–H groups in total. The van der Waals surface area contributed by atoms with Gasteiger partial charge in [0.15, 0.2) is 5.96 Å².